The van der Waals surface area contributed by atoms with Crippen molar-refractivity contribution >= 4 is 62.6 Å². The van der Waals surface area contributed by atoms with Crippen molar-refractivity contribution < 1.29 is 23.7 Å². The molecular formula is C74H84N11O+5. The summed E-state index contributed by atoms with van der Waals surface area (Å²) in [6, 6.07) is 55.0. The number of phenolic OH excluding ortho intramolecular Hbond substituents is 1. The van der Waals surface area contributed by atoms with Gasteiger partial charge in [0.2, 0.25) is 0 Å². The summed E-state index contributed by atoms with van der Waals surface area (Å²) in [6.45, 7) is 10.9. The number of nitrogens with zero attached hydrogens (tertiary/aromatic N) is 8. The molecule has 5 heterocycles. The van der Waals surface area contributed by atoms with Crippen molar-refractivity contribution in [2.75, 3.05) is 91.9 Å². The van der Waals surface area contributed by atoms with Gasteiger partial charge in [0.05, 0.1) is 75.9 Å². The van der Waals surface area contributed by atoms with Crippen LogP contribution >= 0.6 is 0 Å². The number of aromatic hydroxyl groups is 1. The summed E-state index contributed by atoms with van der Waals surface area (Å²) in [4.78, 5) is 22.6. The molecule has 6 aromatic carbocycles. The van der Waals surface area contributed by atoms with Gasteiger partial charge in [-0.1, -0.05) is 55.5 Å². The van der Waals surface area contributed by atoms with Crippen LogP contribution < -0.4 is 28.3 Å². The normalized spacial score (nSPS) is 13.4. The minimum absolute atomic E-state index is 0.244. The summed E-state index contributed by atoms with van der Waals surface area (Å²) >= 11 is 0. The van der Waals surface area contributed by atoms with E-state index in [-0.39, 0.29) is 5.75 Å². The van der Waals surface area contributed by atoms with Gasteiger partial charge in [-0.15, -0.1) is 0 Å². The van der Waals surface area contributed by atoms with Crippen LogP contribution in [0, 0.1) is 0 Å². The second-order valence-electron chi connectivity index (χ2n) is 23.5. The Morgan fingerprint density at radius 2 is 1.19 bits per heavy atom. The molecule has 1 fully saturated rings. The molecule has 1 aliphatic heterocycles. The number of fused-ring (bicyclic) bond motifs is 2. The zero-order valence-electron chi connectivity index (χ0n) is 51.8. The van der Waals surface area contributed by atoms with E-state index in [1.165, 1.54) is 80.4 Å². The number of piperazine rings is 1. The summed E-state index contributed by atoms with van der Waals surface area (Å²) in [5, 5.41) is 9.52. The van der Waals surface area contributed by atoms with Crippen LogP contribution in [-0.2, 0) is 20.0 Å². The lowest BCUT2D eigenvalue weighted by Gasteiger charge is -2.31. The predicted molar refractivity (Wildman–Crippen MR) is 358 cm³/mol. The molecule has 0 radical (unpaired) electrons. The van der Waals surface area contributed by atoms with E-state index >= 15 is 0 Å². The fraction of sp³-hybridized carbons (Fsp3) is 0.230. The fourth-order valence-electron chi connectivity index (χ4n) is 10.5. The number of nitrogens with one attached hydrogen (secondary N) is 3. The van der Waals surface area contributed by atoms with E-state index in [9.17, 15) is 5.11 Å². The number of likely N-dealkylation sites (N-methyl/N-ethyl adjacent to an activating group) is 1. The van der Waals surface area contributed by atoms with E-state index in [1.807, 2.05) is 35.9 Å². The van der Waals surface area contributed by atoms with Gasteiger partial charge in [-0.2, -0.15) is 0 Å². The lowest BCUT2D eigenvalue weighted by molar-refractivity contribution is -0.880. The highest BCUT2D eigenvalue weighted by molar-refractivity contribution is 6.04. The molecule has 0 unspecified atom stereocenters. The van der Waals surface area contributed by atoms with Crippen LogP contribution in [0.15, 0.2) is 212 Å². The lowest BCUT2D eigenvalue weighted by atomic mass is 9.90. The van der Waals surface area contributed by atoms with Gasteiger partial charge >= 0.3 is 0 Å². The second kappa shape index (κ2) is 27.0. The van der Waals surface area contributed by atoms with Crippen molar-refractivity contribution in [1.82, 2.24) is 24.4 Å². The molecule has 86 heavy (non-hydrogen) atoms. The highest BCUT2D eigenvalue weighted by Gasteiger charge is 2.20. The summed E-state index contributed by atoms with van der Waals surface area (Å²) in [6.07, 6.45) is 22.6. The largest absolute Gasteiger partial charge is 0.508 e. The van der Waals surface area contributed by atoms with E-state index in [0.29, 0.717) is 0 Å². The lowest BCUT2D eigenvalue weighted by Crippen LogP contribution is -3.12. The number of phenols is 1. The number of pyridine rings is 2. The third kappa shape index (κ3) is 14.9. The zero-order chi connectivity index (χ0) is 60.3. The Hall–Kier alpha value is -9.49. The van der Waals surface area contributed by atoms with Crippen LogP contribution in [0.3, 0.4) is 0 Å². The van der Waals surface area contributed by atoms with Gasteiger partial charge in [-0.25, -0.2) is 23.7 Å². The Kier molecular flexibility index (Phi) is 18.8. The van der Waals surface area contributed by atoms with Gasteiger partial charge in [0, 0.05) is 78.6 Å². The molecule has 12 heteroatoms. The van der Waals surface area contributed by atoms with Crippen molar-refractivity contribution in [3.63, 3.8) is 0 Å². The molecule has 4 N–H and O–H groups in total. The number of allylic oxidation sites excluding steroid dienone is 5. The minimum Gasteiger partial charge on any atom is -0.508 e. The number of benzene rings is 6. The first-order chi connectivity index (χ1) is 41.6. The molecule has 0 amide bonds. The van der Waals surface area contributed by atoms with Crippen molar-refractivity contribution in [2.45, 2.75) is 26.8 Å². The summed E-state index contributed by atoms with van der Waals surface area (Å²) < 4.78 is 7.26. The van der Waals surface area contributed by atoms with Crippen LogP contribution in [0.1, 0.15) is 47.2 Å². The van der Waals surface area contributed by atoms with Crippen molar-refractivity contribution in [3.05, 3.63) is 246 Å². The maximum atomic E-state index is 9.52. The Labute approximate surface area is 508 Å². The van der Waals surface area contributed by atoms with Crippen LogP contribution in [0.4, 0.5) is 17.1 Å². The van der Waals surface area contributed by atoms with Crippen LogP contribution in [-0.4, -0.2) is 117 Å². The molecular weight excluding hydrogens is 1060 g/mol. The molecule has 10 aromatic rings. The van der Waals surface area contributed by atoms with E-state index in [2.05, 4.69) is 280 Å². The Morgan fingerprint density at radius 1 is 0.651 bits per heavy atom. The highest BCUT2D eigenvalue weighted by Crippen LogP contribution is 2.33. The number of quaternary nitrogens is 2. The minimum atomic E-state index is 0.244. The standard InChI is InChI=1S/C27H35N3.C25H24N6O.C22H24N2/c1-8-30(6,7)26-19-13-23(14-20-26)27(21-9-15-24(16-10-21)28(2)3)22-11-17-25(18-12-22)29(4)5;1-30-10-12-31(13-11-30)18-5-9-21-23(15-18)29-25(27-21)17-4-8-20-22(14-17)28-24(26-20)16-2-6-19(32)7-3-16;1-3-19-4-8-22(9-5-19)18-24-16-12-21(13-17-24)7-6-20-10-14-23(2)15-11-20/h9-20H,8H2,1-7H3;2-9,14-15,32H,10-13H2,1H3,(H,26,28)(H,27,29);4-17H,3,18H2,1-2H3/q+2;;+2/p+1. The first-order valence-electron chi connectivity index (χ1n) is 30.0. The van der Waals surface area contributed by atoms with Gasteiger partial charge in [0.15, 0.2) is 37.0 Å². The number of anilines is 2. The summed E-state index contributed by atoms with van der Waals surface area (Å²) in [5.41, 5.74) is 20.9. The molecule has 0 bridgehead atoms. The fourth-order valence-corrected chi connectivity index (χ4v) is 10.5. The molecule has 12 rings (SSSR count). The van der Waals surface area contributed by atoms with Crippen molar-refractivity contribution in [3.8, 4) is 28.5 Å². The summed E-state index contributed by atoms with van der Waals surface area (Å²) in [7, 11) is 17.1. The van der Waals surface area contributed by atoms with Gasteiger partial charge < -0.3 is 29.8 Å². The number of aromatic nitrogens is 6. The third-order valence-corrected chi connectivity index (χ3v) is 16.5. The second-order valence-corrected chi connectivity index (χ2v) is 23.5. The van der Waals surface area contributed by atoms with E-state index < -0.39 is 0 Å². The molecule has 12 nitrogen and oxygen atoms in total. The number of H-pyrrole nitrogens is 2. The van der Waals surface area contributed by atoms with E-state index in [0.717, 1.165) is 81.9 Å². The molecule has 4 aromatic heterocycles. The van der Waals surface area contributed by atoms with Gasteiger partial charge in [-0.05, 0) is 162 Å². The van der Waals surface area contributed by atoms with Crippen LogP contribution in [0.2, 0.25) is 0 Å². The molecule has 1 aliphatic carbocycles. The maximum absolute atomic E-state index is 9.52. The van der Waals surface area contributed by atoms with Crippen molar-refractivity contribution in [1.29, 1.82) is 0 Å². The van der Waals surface area contributed by atoms with Gasteiger partial charge in [0.1, 0.15) is 44.2 Å². The third-order valence-electron chi connectivity index (χ3n) is 16.5. The zero-order valence-corrected chi connectivity index (χ0v) is 51.8. The molecule has 436 valence electrons. The summed E-state index contributed by atoms with van der Waals surface area (Å²) in [5.74, 6) is 1.87. The number of hydrogen-bond donors (Lipinski definition) is 4. The highest BCUT2D eigenvalue weighted by atomic mass is 16.3. The van der Waals surface area contributed by atoms with E-state index in [1.54, 1.807) is 17.0 Å². The Morgan fingerprint density at radius 3 is 1.76 bits per heavy atom. The van der Waals surface area contributed by atoms with Gasteiger partial charge in [0.25, 0.3) is 0 Å². The first-order valence-corrected chi connectivity index (χ1v) is 30.0. The van der Waals surface area contributed by atoms with E-state index in [4.69, 9.17) is 4.98 Å². The topological polar surface area (TPSA) is 99.3 Å². The van der Waals surface area contributed by atoms with Crippen LogP contribution in [0.5, 0.6) is 5.75 Å². The molecule has 0 saturated carbocycles. The number of aromatic amines is 2. The maximum Gasteiger partial charge on any atom is 0.199 e. The number of aryl methyl sites for hydroxylation is 2. The molecule has 1 saturated heterocycles. The molecule has 0 spiro atoms. The van der Waals surface area contributed by atoms with Gasteiger partial charge in [-0.3, -0.25) is 4.48 Å². The quantitative estimate of drug-likeness (QED) is 0.0681. The number of rotatable bonds is 13. The Bertz CT molecular complexity index is 4040. The van der Waals surface area contributed by atoms with Crippen molar-refractivity contribution in [2.24, 2.45) is 7.05 Å². The predicted octanol–water partition coefficient (Wildman–Crippen LogP) is 11.4. The average Bonchev–Trinajstić information content (AvgIpc) is 2.32. The Balaban J connectivity index is 0.000000145. The monoisotopic (exact) mass is 1140 g/mol. The van der Waals surface area contributed by atoms with Crippen LogP contribution in [0.25, 0.3) is 62.6 Å². The number of imidazole rings is 2. The number of hydrogen-bond acceptors (Lipinski definition) is 5. The average molecular weight is 1140 g/mol. The first kappa shape index (κ1) is 59.7. The molecule has 2 aliphatic rings. The smallest absolute Gasteiger partial charge is 0.199 e. The molecule has 0 atom stereocenters. The SMILES string of the molecule is CC[N+](C)(C)c1ccc(C(=C2C=CC(=[N+](C)C)C=C2)c2ccc(N(C)C)cc2)cc1.CCc1ccc(C[n+]2ccc(C=Cc3cc[n+](C)cc3)cc2)cc1.C[NH+]1CCN(c2ccc3nc(-c4ccc5nc(-c6ccc(O)cc6)[nH]c5c4)[nH]c3c2)CC1.